The third-order valence-electron chi connectivity index (χ3n) is 2.90. The first kappa shape index (κ1) is 13.6. The lowest BCUT2D eigenvalue weighted by Crippen LogP contribution is -2.13. The van der Waals surface area contributed by atoms with Gasteiger partial charge in [-0.15, -0.1) is 0 Å². The summed E-state index contributed by atoms with van der Waals surface area (Å²) in [5, 5.41) is 0.748. The minimum absolute atomic E-state index is 0.0765. The maximum absolute atomic E-state index is 6.23. The van der Waals surface area contributed by atoms with Gasteiger partial charge in [0.15, 0.2) is 0 Å². The van der Waals surface area contributed by atoms with E-state index in [1.165, 1.54) is 5.56 Å². The Morgan fingerprint density at radius 2 is 2.00 bits per heavy atom. The molecule has 0 aliphatic carbocycles. The lowest BCUT2D eigenvalue weighted by atomic mass is 9.99. The predicted octanol–water partition coefficient (Wildman–Crippen LogP) is 4.65. The van der Waals surface area contributed by atoms with E-state index < -0.39 is 0 Å². The molecule has 0 aliphatic heterocycles. The summed E-state index contributed by atoms with van der Waals surface area (Å²) in [5.74, 6) is 0. The van der Waals surface area contributed by atoms with Crippen LogP contribution in [0.4, 0.5) is 0 Å². The summed E-state index contributed by atoms with van der Waals surface area (Å²) in [7, 11) is 0. The van der Waals surface area contributed by atoms with Gasteiger partial charge in [0.2, 0.25) is 0 Å². The lowest BCUT2D eigenvalue weighted by molar-refractivity contribution is 0.721. The first-order chi connectivity index (χ1) is 8.56. The van der Waals surface area contributed by atoms with Crippen molar-refractivity contribution < 1.29 is 0 Å². The molecule has 1 unspecified atom stereocenters. The van der Waals surface area contributed by atoms with Gasteiger partial charge in [-0.3, -0.25) is 0 Å². The van der Waals surface area contributed by atoms with Gasteiger partial charge in [0.05, 0.1) is 0 Å². The van der Waals surface area contributed by atoms with Crippen LogP contribution in [0.5, 0.6) is 0 Å². The van der Waals surface area contributed by atoms with E-state index in [1.54, 1.807) is 0 Å². The SMILES string of the molecule is Cc1ccc(C(N)Cc2cccc(Br)c2)c(Cl)c1. The monoisotopic (exact) mass is 323 g/mol. The predicted molar refractivity (Wildman–Crippen MR) is 81.0 cm³/mol. The average molecular weight is 325 g/mol. The summed E-state index contributed by atoms with van der Waals surface area (Å²) in [6, 6.07) is 14.1. The summed E-state index contributed by atoms with van der Waals surface area (Å²) in [4.78, 5) is 0. The molecule has 2 aromatic carbocycles. The summed E-state index contributed by atoms with van der Waals surface area (Å²) in [5.41, 5.74) is 9.58. The van der Waals surface area contributed by atoms with Crippen molar-refractivity contribution in [1.82, 2.24) is 0 Å². The largest absolute Gasteiger partial charge is 0.324 e. The normalized spacial score (nSPS) is 12.4. The molecule has 1 nitrogen and oxygen atoms in total. The Labute approximate surface area is 121 Å². The highest BCUT2D eigenvalue weighted by Gasteiger charge is 2.11. The molecule has 2 aromatic rings. The van der Waals surface area contributed by atoms with Crippen molar-refractivity contribution in [2.45, 2.75) is 19.4 Å². The van der Waals surface area contributed by atoms with Crippen LogP contribution in [0.1, 0.15) is 22.7 Å². The number of aryl methyl sites for hydroxylation is 1. The Balaban J connectivity index is 2.19. The molecule has 94 valence electrons. The topological polar surface area (TPSA) is 26.0 Å². The lowest BCUT2D eigenvalue weighted by Gasteiger charge is -2.14. The molecule has 3 heteroatoms. The third kappa shape index (κ3) is 3.35. The molecular weight excluding hydrogens is 310 g/mol. The summed E-state index contributed by atoms with van der Waals surface area (Å²) < 4.78 is 1.07. The zero-order valence-electron chi connectivity index (χ0n) is 10.2. The van der Waals surface area contributed by atoms with Crippen LogP contribution in [0.2, 0.25) is 5.02 Å². The van der Waals surface area contributed by atoms with Gasteiger partial charge in [-0.25, -0.2) is 0 Å². The second-order valence-electron chi connectivity index (χ2n) is 4.47. The highest BCUT2D eigenvalue weighted by atomic mass is 79.9. The summed E-state index contributed by atoms with van der Waals surface area (Å²) >= 11 is 9.70. The molecule has 2 N–H and O–H groups in total. The fraction of sp³-hybridized carbons (Fsp3) is 0.200. The van der Waals surface area contributed by atoms with Crippen molar-refractivity contribution in [3.05, 3.63) is 68.7 Å². The number of hydrogen-bond acceptors (Lipinski definition) is 1. The van der Waals surface area contributed by atoms with Crippen LogP contribution in [0.25, 0.3) is 0 Å². The third-order valence-corrected chi connectivity index (χ3v) is 3.72. The molecule has 0 saturated heterocycles. The Bertz CT molecular complexity index is 554. The molecule has 0 aliphatic rings. The van der Waals surface area contributed by atoms with E-state index in [4.69, 9.17) is 17.3 Å². The Kier molecular flexibility index (Phi) is 4.44. The van der Waals surface area contributed by atoms with Gasteiger partial charge in [0, 0.05) is 15.5 Å². The summed E-state index contributed by atoms with van der Waals surface area (Å²) in [6.07, 6.45) is 0.780. The maximum atomic E-state index is 6.23. The average Bonchev–Trinajstić information content (AvgIpc) is 2.28. The number of hydrogen-bond donors (Lipinski definition) is 1. The highest BCUT2D eigenvalue weighted by Crippen LogP contribution is 2.25. The minimum Gasteiger partial charge on any atom is -0.324 e. The number of halogens is 2. The van der Waals surface area contributed by atoms with Crippen LogP contribution in [0.3, 0.4) is 0 Å². The number of rotatable bonds is 3. The van der Waals surface area contributed by atoms with Crippen molar-refractivity contribution in [2.24, 2.45) is 5.73 Å². The Morgan fingerprint density at radius 3 is 2.67 bits per heavy atom. The van der Waals surface area contributed by atoms with Gasteiger partial charge < -0.3 is 5.73 Å². The standard InChI is InChI=1S/C15H15BrClN/c1-10-5-6-13(14(17)7-10)15(18)9-11-3-2-4-12(16)8-11/h2-8,15H,9,18H2,1H3. The molecule has 0 amide bonds. The van der Waals surface area contributed by atoms with Crippen molar-refractivity contribution in [3.63, 3.8) is 0 Å². The van der Waals surface area contributed by atoms with E-state index in [0.29, 0.717) is 0 Å². The van der Waals surface area contributed by atoms with Gasteiger partial charge in [-0.2, -0.15) is 0 Å². The molecule has 0 saturated carbocycles. The van der Waals surface area contributed by atoms with Crippen LogP contribution in [0.15, 0.2) is 46.9 Å². The number of nitrogens with two attached hydrogens (primary N) is 1. The molecule has 0 radical (unpaired) electrons. The van der Waals surface area contributed by atoms with Gasteiger partial charge in [0.1, 0.15) is 0 Å². The van der Waals surface area contributed by atoms with Gasteiger partial charge in [-0.1, -0.05) is 51.8 Å². The van der Waals surface area contributed by atoms with Gasteiger partial charge in [-0.05, 0) is 48.2 Å². The molecular formula is C15H15BrClN. The van der Waals surface area contributed by atoms with Crippen molar-refractivity contribution in [1.29, 1.82) is 0 Å². The van der Waals surface area contributed by atoms with E-state index >= 15 is 0 Å². The second-order valence-corrected chi connectivity index (χ2v) is 5.79. The van der Waals surface area contributed by atoms with Crippen LogP contribution >= 0.6 is 27.5 Å². The zero-order chi connectivity index (χ0) is 13.1. The van der Waals surface area contributed by atoms with E-state index in [0.717, 1.165) is 27.0 Å². The molecule has 0 aromatic heterocycles. The fourth-order valence-electron chi connectivity index (χ4n) is 1.96. The molecule has 0 fully saturated rings. The quantitative estimate of drug-likeness (QED) is 0.873. The van der Waals surface area contributed by atoms with Gasteiger partial charge >= 0.3 is 0 Å². The van der Waals surface area contributed by atoms with Crippen LogP contribution < -0.4 is 5.73 Å². The summed E-state index contributed by atoms with van der Waals surface area (Å²) in [6.45, 7) is 2.02. The zero-order valence-corrected chi connectivity index (χ0v) is 12.5. The molecule has 0 heterocycles. The fourth-order valence-corrected chi connectivity index (χ4v) is 2.78. The molecule has 1 atom stereocenters. The van der Waals surface area contributed by atoms with Gasteiger partial charge in [0.25, 0.3) is 0 Å². The van der Waals surface area contributed by atoms with Crippen LogP contribution in [-0.4, -0.2) is 0 Å². The smallest absolute Gasteiger partial charge is 0.0456 e. The van der Waals surface area contributed by atoms with Crippen LogP contribution in [-0.2, 0) is 6.42 Å². The highest BCUT2D eigenvalue weighted by molar-refractivity contribution is 9.10. The first-order valence-corrected chi connectivity index (χ1v) is 6.99. The Hall–Kier alpha value is -0.830. The maximum Gasteiger partial charge on any atom is 0.0456 e. The van der Waals surface area contributed by atoms with E-state index in [-0.39, 0.29) is 6.04 Å². The van der Waals surface area contributed by atoms with E-state index in [9.17, 15) is 0 Å². The van der Waals surface area contributed by atoms with Crippen molar-refractivity contribution in [3.8, 4) is 0 Å². The molecule has 2 rings (SSSR count). The second kappa shape index (κ2) is 5.87. The van der Waals surface area contributed by atoms with Crippen molar-refractivity contribution >= 4 is 27.5 Å². The van der Waals surface area contributed by atoms with E-state index in [2.05, 4.69) is 28.1 Å². The molecule has 0 spiro atoms. The number of benzene rings is 2. The molecule has 18 heavy (non-hydrogen) atoms. The Morgan fingerprint density at radius 1 is 1.22 bits per heavy atom. The minimum atomic E-state index is -0.0765. The van der Waals surface area contributed by atoms with Crippen molar-refractivity contribution in [2.75, 3.05) is 0 Å². The van der Waals surface area contributed by atoms with Crippen LogP contribution in [0, 0.1) is 6.92 Å². The van der Waals surface area contributed by atoms with E-state index in [1.807, 2.05) is 37.3 Å². The first-order valence-electron chi connectivity index (χ1n) is 5.82. The molecule has 0 bridgehead atoms.